The molecule has 2 N–H and O–H groups in total. The number of rotatable bonds is 10. The molecule has 1 aromatic heterocycles. The second-order valence-corrected chi connectivity index (χ2v) is 8.14. The standard InChI is InChI=1S/C24H29N5O3.Mg.2H/c1-4-5-10-21(30)29(22(16(2)3)24(31)32)15-17-11-13-18(14-12-17)19-8-6-7-9-20(19)23-25-27-28-26-23;;;/h6-9,11-14,16,22H,4-5,10,15H2,1-3H3,(H,31,32)(H,25,26,27,28);;;/t22-;;;/m0.../s1. The molecule has 0 fully saturated rings. The highest BCUT2D eigenvalue weighted by atomic mass is 24.3. The van der Waals surface area contributed by atoms with E-state index >= 15 is 0 Å². The average molecular weight is 462 g/mol. The van der Waals surface area contributed by atoms with Crippen LogP contribution in [0.25, 0.3) is 22.5 Å². The molecule has 33 heavy (non-hydrogen) atoms. The van der Waals surface area contributed by atoms with Crippen LogP contribution in [0.2, 0.25) is 0 Å². The number of nitrogens with zero attached hydrogens (tertiary/aromatic N) is 4. The zero-order chi connectivity index (χ0) is 23.1. The van der Waals surface area contributed by atoms with Crippen LogP contribution in [-0.2, 0) is 16.1 Å². The summed E-state index contributed by atoms with van der Waals surface area (Å²) in [7, 11) is 0. The Balaban J connectivity index is 0.00000385. The second kappa shape index (κ2) is 12.5. The number of carbonyl (C=O) groups excluding carboxylic acids is 1. The number of carboxylic acid groups (broad SMARTS) is 1. The number of tetrazole rings is 1. The number of carboxylic acids is 1. The van der Waals surface area contributed by atoms with E-state index in [1.807, 2.05) is 69.3 Å². The van der Waals surface area contributed by atoms with Crippen molar-refractivity contribution in [3.8, 4) is 22.5 Å². The summed E-state index contributed by atoms with van der Waals surface area (Å²) in [5.74, 6) is -0.713. The van der Waals surface area contributed by atoms with Gasteiger partial charge in [-0.25, -0.2) is 9.89 Å². The van der Waals surface area contributed by atoms with Crippen molar-refractivity contribution in [1.29, 1.82) is 0 Å². The molecule has 2 aromatic carbocycles. The minimum absolute atomic E-state index is 0. The number of hydrogen-bond acceptors (Lipinski definition) is 5. The molecule has 172 valence electrons. The third kappa shape index (κ3) is 6.61. The number of benzene rings is 2. The molecule has 3 rings (SSSR count). The molecule has 3 aromatic rings. The van der Waals surface area contributed by atoms with Gasteiger partial charge in [-0.15, -0.1) is 5.10 Å². The van der Waals surface area contributed by atoms with Crippen LogP contribution in [0.5, 0.6) is 0 Å². The third-order valence-corrected chi connectivity index (χ3v) is 5.43. The van der Waals surface area contributed by atoms with Gasteiger partial charge in [-0.05, 0) is 39.5 Å². The lowest BCUT2D eigenvalue weighted by Gasteiger charge is -2.32. The number of aromatic nitrogens is 4. The van der Waals surface area contributed by atoms with E-state index in [2.05, 4.69) is 20.6 Å². The van der Waals surface area contributed by atoms with Crippen LogP contribution in [0.1, 0.15) is 45.6 Å². The maximum Gasteiger partial charge on any atom is 0.326 e. The van der Waals surface area contributed by atoms with E-state index < -0.39 is 12.0 Å². The Bertz CT molecular complexity index is 1040. The minimum atomic E-state index is -0.976. The number of aliphatic carboxylic acids is 1. The zero-order valence-corrected chi connectivity index (χ0v) is 18.7. The molecule has 1 heterocycles. The van der Waals surface area contributed by atoms with Gasteiger partial charge >= 0.3 is 29.0 Å². The van der Waals surface area contributed by atoms with Crippen molar-refractivity contribution in [1.82, 2.24) is 25.5 Å². The molecule has 0 aliphatic carbocycles. The van der Waals surface area contributed by atoms with E-state index in [4.69, 9.17) is 0 Å². The molecular formula is C24H31MgN5O3. The molecule has 0 saturated heterocycles. The van der Waals surface area contributed by atoms with Crippen LogP contribution < -0.4 is 0 Å². The Labute approximate surface area is 209 Å². The fourth-order valence-corrected chi connectivity index (χ4v) is 3.79. The predicted octanol–water partition coefficient (Wildman–Crippen LogP) is 3.25. The average Bonchev–Trinajstić information content (AvgIpc) is 3.32. The highest BCUT2D eigenvalue weighted by Crippen LogP contribution is 2.30. The van der Waals surface area contributed by atoms with Gasteiger partial charge < -0.3 is 10.0 Å². The molecule has 0 unspecified atom stereocenters. The van der Waals surface area contributed by atoms with Gasteiger partial charge in [0.2, 0.25) is 5.91 Å². The lowest BCUT2D eigenvalue weighted by Crippen LogP contribution is -2.47. The number of carbonyl (C=O) groups is 2. The molecule has 1 amide bonds. The Kier molecular flexibility index (Phi) is 9.99. The van der Waals surface area contributed by atoms with Crippen molar-refractivity contribution >= 4 is 34.9 Å². The van der Waals surface area contributed by atoms with Crippen LogP contribution in [-0.4, -0.2) is 71.6 Å². The third-order valence-electron chi connectivity index (χ3n) is 5.43. The summed E-state index contributed by atoms with van der Waals surface area (Å²) in [5, 5.41) is 23.9. The molecule has 8 nitrogen and oxygen atoms in total. The second-order valence-electron chi connectivity index (χ2n) is 8.14. The van der Waals surface area contributed by atoms with E-state index in [0.29, 0.717) is 12.2 Å². The Morgan fingerprint density at radius 3 is 2.27 bits per heavy atom. The summed E-state index contributed by atoms with van der Waals surface area (Å²) in [5.41, 5.74) is 3.71. The van der Waals surface area contributed by atoms with Crippen LogP contribution in [0, 0.1) is 5.92 Å². The number of unbranched alkanes of at least 4 members (excludes halogenated alkanes) is 1. The van der Waals surface area contributed by atoms with Gasteiger partial charge in [-0.1, -0.05) is 75.7 Å². The smallest absolute Gasteiger partial charge is 0.326 e. The number of amides is 1. The molecule has 1 atom stereocenters. The van der Waals surface area contributed by atoms with E-state index in [1.165, 1.54) is 4.90 Å². The molecule has 9 heteroatoms. The lowest BCUT2D eigenvalue weighted by molar-refractivity contribution is -0.153. The molecule has 0 aliphatic heterocycles. The van der Waals surface area contributed by atoms with Crippen molar-refractivity contribution in [3.63, 3.8) is 0 Å². The van der Waals surface area contributed by atoms with Gasteiger partial charge in [0.15, 0.2) is 5.82 Å². The van der Waals surface area contributed by atoms with Crippen LogP contribution in [0.15, 0.2) is 48.5 Å². The molecule has 0 bridgehead atoms. The fourth-order valence-electron chi connectivity index (χ4n) is 3.79. The highest BCUT2D eigenvalue weighted by Gasteiger charge is 2.32. The number of hydrogen-bond donors (Lipinski definition) is 2. The summed E-state index contributed by atoms with van der Waals surface area (Å²) < 4.78 is 0. The van der Waals surface area contributed by atoms with Crippen LogP contribution in [0.3, 0.4) is 0 Å². The number of nitrogens with one attached hydrogen (secondary N) is 1. The molecule has 0 spiro atoms. The van der Waals surface area contributed by atoms with Gasteiger partial charge in [0.05, 0.1) is 0 Å². The SMILES string of the molecule is CCCCC(=O)N(Cc1ccc(-c2ccccc2-c2nnn[nH]2)cc1)[C@H](C(=O)O)C(C)C.[MgH2]. The molecular weight excluding hydrogens is 431 g/mol. The molecule has 0 radical (unpaired) electrons. The van der Waals surface area contributed by atoms with Gasteiger partial charge in [-0.3, -0.25) is 4.79 Å². The first-order valence-electron chi connectivity index (χ1n) is 10.9. The fraction of sp³-hybridized carbons (Fsp3) is 0.375. The largest absolute Gasteiger partial charge is 0.480 e. The summed E-state index contributed by atoms with van der Waals surface area (Å²) in [6.07, 6.45) is 1.98. The van der Waals surface area contributed by atoms with Crippen LogP contribution in [0.4, 0.5) is 0 Å². The molecule has 0 aliphatic rings. The van der Waals surface area contributed by atoms with Crippen molar-refractivity contribution < 1.29 is 14.7 Å². The van der Waals surface area contributed by atoms with Gasteiger partial charge in [0.25, 0.3) is 0 Å². The normalized spacial score (nSPS) is 11.6. The topological polar surface area (TPSA) is 112 Å². The van der Waals surface area contributed by atoms with Crippen molar-refractivity contribution in [2.75, 3.05) is 0 Å². The van der Waals surface area contributed by atoms with Gasteiger partial charge in [0, 0.05) is 18.5 Å². The van der Waals surface area contributed by atoms with Crippen LogP contribution >= 0.6 is 0 Å². The summed E-state index contributed by atoms with van der Waals surface area (Å²) in [6.45, 7) is 5.93. The summed E-state index contributed by atoms with van der Waals surface area (Å²) in [6, 6.07) is 14.8. The first-order chi connectivity index (χ1) is 15.4. The Morgan fingerprint density at radius 2 is 1.73 bits per heavy atom. The highest BCUT2D eigenvalue weighted by molar-refractivity contribution is 5.84. The van der Waals surface area contributed by atoms with Gasteiger partial charge in [0.1, 0.15) is 6.04 Å². The van der Waals surface area contributed by atoms with E-state index in [9.17, 15) is 14.7 Å². The van der Waals surface area contributed by atoms with E-state index in [1.54, 1.807) is 0 Å². The van der Waals surface area contributed by atoms with Crippen molar-refractivity contribution in [2.45, 2.75) is 52.6 Å². The predicted molar refractivity (Wildman–Crippen MR) is 130 cm³/mol. The monoisotopic (exact) mass is 461 g/mol. The number of aromatic amines is 1. The zero-order valence-electron chi connectivity index (χ0n) is 18.7. The maximum absolute atomic E-state index is 12.9. The summed E-state index contributed by atoms with van der Waals surface area (Å²) >= 11 is 0. The lowest BCUT2D eigenvalue weighted by atomic mass is 9.97. The maximum atomic E-state index is 12.9. The number of H-pyrrole nitrogens is 1. The van der Waals surface area contributed by atoms with E-state index in [0.717, 1.165) is 35.1 Å². The Morgan fingerprint density at radius 1 is 1.06 bits per heavy atom. The van der Waals surface area contributed by atoms with E-state index in [-0.39, 0.29) is 41.4 Å². The summed E-state index contributed by atoms with van der Waals surface area (Å²) in [4.78, 5) is 26.3. The molecule has 0 saturated carbocycles. The first kappa shape index (κ1) is 26.5. The quantitative estimate of drug-likeness (QED) is 0.448. The van der Waals surface area contributed by atoms with Crippen molar-refractivity contribution in [2.24, 2.45) is 5.92 Å². The van der Waals surface area contributed by atoms with Gasteiger partial charge in [-0.2, -0.15) is 0 Å². The Hall–Kier alpha value is -2.78. The first-order valence-corrected chi connectivity index (χ1v) is 10.9. The van der Waals surface area contributed by atoms with Crippen molar-refractivity contribution in [3.05, 3.63) is 54.1 Å². The minimum Gasteiger partial charge on any atom is -0.480 e.